The molecule has 1 saturated heterocycles. The zero-order valence-corrected chi connectivity index (χ0v) is 11.9. The van der Waals surface area contributed by atoms with Crippen LogP contribution in [-0.4, -0.2) is 55.9 Å². The van der Waals surface area contributed by atoms with Crippen LogP contribution in [0.2, 0.25) is 5.02 Å². The Morgan fingerprint density at radius 1 is 1.53 bits per heavy atom. The first-order valence-electron chi connectivity index (χ1n) is 6.60. The first kappa shape index (κ1) is 14.8. The average molecular weight is 285 g/mol. The molecule has 0 bridgehead atoms. The van der Waals surface area contributed by atoms with Crippen LogP contribution in [0.4, 0.5) is 0 Å². The van der Waals surface area contributed by atoms with Crippen molar-refractivity contribution in [2.45, 2.75) is 12.2 Å². The van der Waals surface area contributed by atoms with Crippen LogP contribution in [0.25, 0.3) is 0 Å². The maximum Gasteiger partial charge on any atom is 0.0928 e. The van der Waals surface area contributed by atoms with Gasteiger partial charge in [-0.05, 0) is 13.1 Å². The lowest BCUT2D eigenvalue weighted by Crippen LogP contribution is -2.45. The fourth-order valence-corrected chi connectivity index (χ4v) is 2.49. The van der Waals surface area contributed by atoms with Gasteiger partial charge in [0.25, 0.3) is 0 Å². The van der Waals surface area contributed by atoms with Gasteiger partial charge in [0.2, 0.25) is 0 Å². The highest BCUT2D eigenvalue weighted by Gasteiger charge is 2.18. The molecular weight excluding hydrogens is 264 g/mol. The Hall–Kier alpha value is -0.650. The lowest BCUT2D eigenvalue weighted by molar-refractivity contribution is -0.0191. The number of nitrogens with one attached hydrogen (secondary N) is 1. The van der Waals surface area contributed by atoms with E-state index in [-0.39, 0.29) is 6.10 Å². The lowest BCUT2D eigenvalue weighted by Gasteiger charge is -2.30. The number of likely N-dealkylation sites (N-methyl/N-ethyl adjacent to an activating group) is 1. The van der Waals surface area contributed by atoms with E-state index in [2.05, 4.69) is 17.3 Å². The number of aliphatic hydroxyl groups is 1. The maximum atomic E-state index is 10.1. The van der Waals surface area contributed by atoms with Gasteiger partial charge in [-0.25, -0.2) is 0 Å². The molecule has 4 nitrogen and oxygen atoms in total. The SMILES string of the molecule is CN1CCOC(CNCC(O)c2ccccc2Cl)C1. The van der Waals surface area contributed by atoms with Gasteiger partial charge in [0.15, 0.2) is 0 Å². The Morgan fingerprint density at radius 2 is 2.32 bits per heavy atom. The van der Waals surface area contributed by atoms with Crippen LogP contribution in [0.15, 0.2) is 24.3 Å². The predicted octanol–water partition coefficient (Wildman–Crippen LogP) is 1.29. The fourth-order valence-electron chi connectivity index (χ4n) is 2.23. The highest BCUT2D eigenvalue weighted by atomic mass is 35.5. The topological polar surface area (TPSA) is 44.7 Å². The number of ether oxygens (including phenoxy) is 1. The van der Waals surface area contributed by atoms with Crippen LogP contribution < -0.4 is 5.32 Å². The molecule has 2 rings (SSSR count). The molecule has 0 amide bonds. The number of rotatable bonds is 5. The summed E-state index contributed by atoms with van der Waals surface area (Å²) in [5.74, 6) is 0. The molecule has 1 aromatic rings. The van der Waals surface area contributed by atoms with Gasteiger partial charge in [-0.2, -0.15) is 0 Å². The Balaban J connectivity index is 1.75. The number of hydrogen-bond acceptors (Lipinski definition) is 4. The van der Waals surface area contributed by atoms with E-state index < -0.39 is 6.10 Å². The van der Waals surface area contributed by atoms with Gasteiger partial charge in [-0.3, -0.25) is 0 Å². The van der Waals surface area contributed by atoms with Crippen molar-refractivity contribution in [3.63, 3.8) is 0 Å². The minimum atomic E-state index is -0.588. The molecular formula is C14H21ClN2O2. The van der Waals surface area contributed by atoms with E-state index in [1.165, 1.54) is 0 Å². The van der Waals surface area contributed by atoms with Crippen LogP contribution in [0, 0.1) is 0 Å². The Bertz CT molecular complexity index is 403. The summed E-state index contributed by atoms with van der Waals surface area (Å²) in [7, 11) is 2.09. The van der Waals surface area contributed by atoms with E-state index in [0.29, 0.717) is 11.6 Å². The molecule has 2 unspecified atom stereocenters. The average Bonchev–Trinajstić information content (AvgIpc) is 2.39. The summed E-state index contributed by atoms with van der Waals surface area (Å²) in [4.78, 5) is 2.25. The molecule has 2 atom stereocenters. The number of benzene rings is 1. The predicted molar refractivity (Wildman–Crippen MR) is 76.5 cm³/mol. The largest absolute Gasteiger partial charge is 0.387 e. The third-order valence-electron chi connectivity index (χ3n) is 3.32. The number of morpholine rings is 1. The molecule has 1 fully saturated rings. The van der Waals surface area contributed by atoms with Crippen molar-refractivity contribution in [3.8, 4) is 0 Å². The summed E-state index contributed by atoms with van der Waals surface area (Å²) < 4.78 is 5.65. The first-order valence-corrected chi connectivity index (χ1v) is 6.98. The molecule has 0 spiro atoms. The second-order valence-electron chi connectivity index (χ2n) is 4.95. The Kier molecular flexibility index (Phi) is 5.60. The molecule has 1 heterocycles. The van der Waals surface area contributed by atoms with Crippen molar-refractivity contribution in [2.75, 3.05) is 39.8 Å². The summed E-state index contributed by atoms with van der Waals surface area (Å²) in [6.07, 6.45) is -0.396. The van der Waals surface area contributed by atoms with Gasteiger partial charge in [0.1, 0.15) is 0 Å². The van der Waals surface area contributed by atoms with Crippen molar-refractivity contribution in [3.05, 3.63) is 34.9 Å². The third kappa shape index (κ3) is 4.44. The number of halogens is 1. The normalized spacial score (nSPS) is 22.4. The van der Waals surface area contributed by atoms with Crippen molar-refractivity contribution in [2.24, 2.45) is 0 Å². The lowest BCUT2D eigenvalue weighted by atomic mass is 10.1. The van der Waals surface area contributed by atoms with Gasteiger partial charge >= 0.3 is 0 Å². The zero-order valence-electron chi connectivity index (χ0n) is 11.2. The van der Waals surface area contributed by atoms with Gasteiger partial charge in [-0.1, -0.05) is 29.8 Å². The molecule has 0 aliphatic carbocycles. The van der Waals surface area contributed by atoms with E-state index in [0.717, 1.165) is 31.8 Å². The van der Waals surface area contributed by atoms with Gasteiger partial charge in [0, 0.05) is 36.8 Å². The van der Waals surface area contributed by atoms with Crippen LogP contribution in [0.5, 0.6) is 0 Å². The summed E-state index contributed by atoms with van der Waals surface area (Å²) in [6.45, 7) is 3.91. The molecule has 1 aliphatic heterocycles. The monoisotopic (exact) mass is 284 g/mol. The summed E-state index contributed by atoms with van der Waals surface area (Å²) in [6, 6.07) is 7.38. The summed E-state index contributed by atoms with van der Waals surface area (Å²) in [5.41, 5.74) is 0.762. The molecule has 2 N–H and O–H groups in total. The van der Waals surface area contributed by atoms with Crippen molar-refractivity contribution >= 4 is 11.6 Å². The van der Waals surface area contributed by atoms with Gasteiger partial charge in [-0.15, -0.1) is 0 Å². The number of nitrogens with zero attached hydrogens (tertiary/aromatic N) is 1. The zero-order chi connectivity index (χ0) is 13.7. The van der Waals surface area contributed by atoms with E-state index in [9.17, 15) is 5.11 Å². The second-order valence-corrected chi connectivity index (χ2v) is 5.36. The van der Waals surface area contributed by atoms with Crippen molar-refractivity contribution in [1.29, 1.82) is 0 Å². The van der Waals surface area contributed by atoms with Crippen molar-refractivity contribution < 1.29 is 9.84 Å². The molecule has 0 radical (unpaired) electrons. The molecule has 0 aromatic heterocycles. The van der Waals surface area contributed by atoms with Crippen molar-refractivity contribution in [1.82, 2.24) is 10.2 Å². The van der Waals surface area contributed by atoms with E-state index in [1.807, 2.05) is 18.2 Å². The Labute approximate surface area is 119 Å². The molecule has 5 heteroatoms. The first-order chi connectivity index (χ1) is 9.16. The molecule has 1 aliphatic rings. The maximum absolute atomic E-state index is 10.1. The van der Waals surface area contributed by atoms with Crippen LogP contribution in [-0.2, 0) is 4.74 Å². The van der Waals surface area contributed by atoms with E-state index in [4.69, 9.17) is 16.3 Å². The van der Waals surface area contributed by atoms with Gasteiger partial charge < -0.3 is 20.1 Å². The van der Waals surface area contributed by atoms with Crippen LogP contribution >= 0.6 is 11.6 Å². The van der Waals surface area contributed by atoms with Crippen LogP contribution in [0.3, 0.4) is 0 Å². The standard InChI is InChI=1S/C14H21ClN2O2/c1-17-6-7-19-11(10-17)8-16-9-14(18)12-4-2-3-5-13(12)15/h2-5,11,14,16,18H,6-10H2,1H3. The number of hydrogen-bond donors (Lipinski definition) is 2. The quantitative estimate of drug-likeness (QED) is 0.855. The highest BCUT2D eigenvalue weighted by Crippen LogP contribution is 2.21. The highest BCUT2D eigenvalue weighted by molar-refractivity contribution is 6.31. The number of aliphatic hydroxyl groups excluding tert-OH is 1. The van der Waals surface area contributed by atoms with Gasteiger partial charge in [0.05, 0.1) is 18.8 Å². The Morgan fingerprint density at radius 3 is 3.05 bits per heavy atom. The molecule has 106 valence electrons. The molecule has 0 saturated carbocycles. The van der Waals surface area contributed by atoms with E-state index in [1.54, 1.807) is 6.07 Å². The molecule has 19 heavy (non-hydrogen) atoms. The smallest absolute Gasteiger partial charge is 0.0928 e. The van der Waals surface area contributed by atoms with Crippen LogP contribution in [0.1, 0.15) is 11.7 Å². The minimum Gasteiger partial charge on any atom is -0.387 e. The fraction of sp³-hybridized carbons (Fsp3) is 0.571. The summed E-state index contributed by atoms with van der Waals surface area (Å²) in [5, 5.41) is 13.9. The third-order valence-corrected chi connectivity index (χ3v) is 3.66. The second kappa shape index (κ2) is 7.22. The summed E-state index contributed by atoms with van der Waals surface area (Å²) >= 11 is 6.05. The molecule has 1 aromatic carbocycles. The van der Waals surface area contributed by atoms with E-state index >= 15 is 0 Å². The minimum absolute atomic E-state index is 0.192.